The van der Waals surface area contributed by atoms with Crippen LogP contribution in [0.1, 0.15) is 34.9 Å². The molecule has 0 bridgehead atoms. The van der Waals surface area contributed by atoms with Gasteiger partial charge in [0.25, 0.3) is 0 Å². The third-order valence-electron chi connectivity index (χ3n) is 4.89. The minimum absolute atomic E-state index is 0.135. The van der Waals surface area contributed by atoms with Gasteiger partial charge in [-0.25, -0.2) is 4.98 Å². The summed E-state index contributed by atoms with van der Waals surface area (Å²) in [5.74, 6) is 1.38. The van der Waals surface area contributed by atoms with Gasteiger partial charge in [0, 0.05) is 5.56 Å². The van der Waals surface area contributed by atoms with Crippen LogP contribution in [-0.4, -0.2) is 18.7 Å². The smallest absolute Gasteiger partial charge is 0.174 e. The summed E-state index contributed by atoms with van der Waals surface area (Å²) < 4.78 is 12.1. The monoisotopic (exact) mass is 510 g/mol. The largest absolute Gasteiger partial charge is 0.493 e. The van der Waals surface area contributed by atoms with Crippen molar-refractivity contribution in [3.63, 3.8) is 0 Å². The Morgan fingerprint density at radius 2 is 2.00 bits per heavy atom. The number of rotatable bonds is 5. The fraction of sp³-hybridized carbons (Fsp3) is 0.174. The number of ether oxygens (including phenoxy) is 2. The summed E-state index contributed by atoms with van der Waals surface area (Å²) >= 11 is 2.20. The van der Waals surface area contributed by atoms with E-state index in [2.05, 4.69) is 46.3 Å². The number of aromatic nitrogens is 1. The molecule has 1 heterocycles. The van der Waals surface area contributed by atoms with Gasteiger partial charge >= 0.3 is 0 Å². The number of nitrogens with two attached hydrogens (primary N) is 1. The number of allylic oxidation sites excluding steroid dienone is 3. The summed E-state index contributed by atoms with van der Waals surface area (Å²) in [6.45, 7) is 7.74. The topological polar surface area (TPSA) is 105 Å². The van der Waals surface area contributed by atoms with E-state index in [1.54, 1.807) is 13.2 Å². The molecule has 150 valence electrons. The molecule has 3 rings (SSSR count). The molecule has 1 aromatic heterocycles. The van der Waals surface area contributed by atoms with Crippen LogP contribution in [0.5, 0.6) is 11.5 Å². The van der Waals surface area contributed by atoms with E-state index in [0.29, 0.717) is 40.5 Å². The second-order valence-electron chi connectivity index (χ2n) is 6.64. The number of halogens is 1. The molecule has 0 aliphatic heterocycles. The molecule has 0 saturated heterocycles. The van der Waals surface area contributed by atoms with Gasteiger partial charge in [0.2, 0.25) is 0 Å². The van der Waals surface area contributed by atoms with Crippen LogP contribution in [0, 0.1) is 33.2 Å². The van der Waals surface area contributed by atoms with Crippen LogP contribution in [0.15, 0.2) is 30.4 Å². The van der Waals surface area contributed by atoms with Gasteiger partial charge in [-0.3, -0.25) is 0 Å². The van der Waals surface area contributed by atoms with Crippen molar-refractivity contribution in [2.75, 3.05) is 19.5 Å². The SMILES string of the molecule is C=CCOc1c(I)cc(/C=C2\C(C)=C(C#N)c3nc(N)c(C#N)c(C)c32)cc1OC. The third kappa shape index (κ3) is 3.53. The van der Waals surface area contributed by atoms with E-state index in [1.807, 2.05) is 32.1 Å². The number of fused-ring (bicyclic) bond motifs is 1. The van der Waals surface area contributed by atoms with E-state index in [4.69, 9.17) is 15.2 Å². The fourth-order valence-corrected chi connectivity index (χ4v) is 4.25. The lowest BCUT2D eigenvalue weighted by molar-refractivity contribution is 0.324. The lowest BCUT2D eigenvalue weighted by Crippen LogP contribution is -2.04. The molecule has 6 nitrogen and oxygen atoms in total. The van der Waals surface area contributed by atoms with Gasteiger partial charge in [0.1, 0.15) is 24.6 Å². The van der Waals surface area contributed by atoms with Crippen LogP contribution < -0.4 is 15.2 Å². The number of hydrogen-bond donors (Lipinski definition) is 1. The molecule has 0 atom stereocenters. The first-order valence-electron chi connectivity index (χ1n) is 9.03. The Hall–Kier alpha value is -3.30. The second kappa shape index (κ2) is 8.60. The van der Waals surface area contributed by atoms with Gasteiger partial charge in [0.15, 0.2) is 11.5 Å². The average Bonchev–Trinajstić information content (AvgIpc) is 2.97. The van der Waals surface area contributed by atoms with E-state index in [9.17, 15) is 10.5 Å². The van der Waals surface area contributed by atoms with Gasteiger partial charge in [-0.15, -0.1) is 0 Å². The van der Waals surface area contributed by atoms with Crippen LogP contribution in [0.2, 0.25) is 0 Å². The Morgan fingerprint density at radius 1 is 1.27 bits per heavy atom. The third-order valence-corrected chi connectivity index (χ3v) is 5.69. The van der Waals surface area contributed by atoms with Crippen LogP contribution in [-0.2, 0) is 0 Å². The Morgan fingerprint density at radius 3 is 2.60 bits per heavy atom. The molecule has 2 aromatic rings. The zero-order valence-electron chi connectivity index (χ0n) is 16.8. The highest BCUT2D eigenvalue weighted by Gasteiger charge is 2.29. The van der Waals surface area contributed by atoms with Gasteiger partial charge in [0.05, 0.1) is 27.5 Å². The highest BCUT2D eigenvalue weighted by atomic mass is 127. The zero-order valence-corrected chi connectivity index (χ0v) is 19.0. The molecule has 0 fully saturated rings. The maximum Gasteiger partial charge on any atom is 0.174 e. The number of methoxy groups -OCH3 is 1. The van der Waals surface area contributed by atoms with Crippen LogP contribution in [0.25, 0.3) is 17.2 Å². The van der Waals surface area contributed by atoms with Crippen LogP contribution in [0.3, 0.4) is 0 Å². The Bertz CT molecular complexity index is 1210. The molecule has 0 spiro atoms. The predicted molar refractivity (Wildman–Crippen MR) is 126 cm³/mol. The summed E-state index contributed by atoms with van der Waals surface area (Å²) in [5.41, 5.74) is 11.2. The number of nitriles is 2. The predicted octanol–water partition coefficient (Wildman–Crippen LogP) is 4.87. The van der Waals surface area contributed by atoms with E-state index >= 15 is 0 Å². The minimum atomic E-state index is 0.135. The van der Waals surface area contributed by atoms with Crippen molar-refractivity contribution in [3.8, 4) is 23.6 Å². The standard InChI is InChI=1S/C23H19IN4O2/c1-5-6-30-22-18(24)8-14(9-19(22)29-4)7-15-12(2)16(10-25)21-20(15)13(3)17(11-26)23(27)28-21/h5,7-9H,1,6H2,2-4H3,(H2,27,28)/b15-7+. The molecule has 2 N–H and O–H groups in total. The molecular weight excluding hydrogens is 491 g/mol. The maximum absolute atomic E-state index is 9.69. The van der Waals surface area contributed by atoms with Gasteiger partial charge in [-0.2, -0.15) is 10.5 Å². The molecule has 0 amide bonds. The van der Waals surface area contributed by atoms with Crippen molar-refractivity contribution in [2.24, 2.45) is 0 Å². The Balaban J connectivity index is 2.24. The number of benzene rings is 1. The fourth-order valence-electron chi connectivity index (χ4n) is 3.47. The van der Waals surface area contributed by atoms with E-state index in [0.717, 1.165) is 25.8 Å². The van der Waals surface area contributed by atoms with Crippen molar-refractivity contribution >= 4 is 45.6 Å². The highest BCUT2D eigenvalue weighted by Crippen LogP contribution is 2.45. The van der Waals surface area contributed by atoms with E-state index < -0.39 is 0 Å². The van der Waals surface area contributed by atoms with Gasteiger partial charge < -0.3 is 15.2 Å². The first kappa shape index (κ1) is 21.4. The van der Waals surface area contributed by atoms with Gasteiger partial charge in [-0.05, 0) is 76.9 Å². The average molecular weight is 510 g/mol. The normalized spacial score (nSPS) is 13.6. The second-order valence-corrected chi connectivity index (χ2v) is 7.80. The molecule has 1 aliphatic carbocycles. The molecule has 0 radical (unpaired) electrons. The summed E-state index contributed by atoms with van der Waals surface area (Å²) in [5, 5.41) is 19.2. The Kier molecular flexibility index (Phi) is 6.14. The number of nitrogen functional groups attached to an aromatic ring is 1. The van der Waals surface area contributed by atoms with Crippen molar-refractivity contribution in [1.82, 2.24) is 4.98 Å². The number of anilines is 1. The summed E-state index contributed by atoms with van der Waals surface area (Å²) in [4.78, 5) is 4.36. The molecule has 1 aromatic carbocycles. The lowest BCUT2D eigenvalue weighted by Gasteiger charge is -2.14. The molecular formula is C23H19IN4O2. The van der Waals surface area contributed by atoms with Crippen LogP contribution in [0.4, 0.5) is 5.82 Å². The number of nitrogens with zero attached hydrogens (tertiary/aromatic N) is 3. The lowest BCUT2D eigenvalue weighted by atomic mass is 9.95. The summed E-state index contributed by atoms with van der Waals surface area (Å²) in [7, 11) is 1.59. The van der Waals surface area contributed by atoms with E-state index in [-0.39, 0.29) is 5.82 Å². The first-order chi connectivity index (χ1) is 14.4. The summed E-state index contributed by atoms with van der Waals surface area (Å²) in [6.07, 6.45) is 3.64. The summed E-state index contributed by atoms with van der Waals surface area (Å²) in [6, 6.07) is 8.18. The number of hydrogen-bond acceptors (Lipinski definition) is 6. The van der Waals surface area contributed by atoms with Crippen molar-refractivity contribution in [1.29, 1.82) is 10.5 Å². The zero-order chi connectivity index (χ0) is 22.0. The van der Waals surface area contributed by atoms with Crippen molar-refractivity contribution < 1.29 is 9.47 Å². The molecule has 0 unspecified atom stereocenters. The molecule has 0 saturated carbocycles. The quantitative estimate of drug-likeness (QED) is 0.455. The van der Waals surface area contributed by atoms with Gasteiger partial charge in [-0.1, -0.05) is 12.7 Å². The van der Waals surface area contributed by atoms with Crippen molar-refractivity contribution in [2.45, 2.75) is 13.8 Å². The number of pyridine rings is 1. The van der Waals surface area contributed by atoms with Crippen molar-refractivity contribution in [3.05, 3.63) is 61.9 Å². The van der Waals surface area contributed by atoms with Crippen LogP contribution >= 0.6 is 22.6 Å². The molecule has 30 heavy (non-hydrogen) atoms. The Labute approximate surface area is 189 Å². The minimum Gasteiger partial charge on any atom is -0.493 e. The first-order valence-corrected chi connectivity index (χ1v) is 10.1. The molecule has 7 heteroatoms. The maximum atomic E-state index is 9.69. The molecule has 1 aliphatic rings. The van der Waals surface area contributed by atoms with E-state index in [1.165, 1.54) is 0 Å². The highest BCUT2D eigenvalue weighted by molar-refractivity contribution is 14.1.